The fourth-order valence-electron chi connectivity index (χ4n) is 3.10. The number of benzene rings is 2. The molecule has 0 N–H and O–H groups in total. The van der Waals surface area contributed by atoms with Crippen molar-refractivity contribution in [3.8, 4) is 0 Å². The highest BCUT2D eigenvalue weighted by molar-refractivity contribution is 5.50. The van der Waals surface area contributed by atoms with Gasteiger partial charge in [0.1, 0.15) is 5.82 Å². The van der Waals surface area contributed by atoms with Crippen LogP contribution in [0.4, 0.5) is 4.39 Å². The lowest BCUT2D eigenvalue weighted by molar-refractivity contribution is 0.347. The zero-order chi connectivity index (χ0) is 14.7. The van der Waals surface area contributed by atoms with Gasteiger partial charge in [-0.1, -0.05) is 54.6 Å². The molecule has 0 unspecified atom stereocenters. The summed E-state index contributed by atoms with van der Waals surface area (Å²) in [6.07, 6.45) is 5.53. The van der Waals surface area contributed by atoms with Crippen molar-refractivity contribution in [2.75, 3.05) is 13.6 Å². The van der Waals surface area contributed by atoms with Crippen LogP contribution >= 0.6 is 0 Å². The Labute approximate surface area is 125 Å². The number of nitrogens with zero attached hydrogens (tertiary/aromatic N) is 1. The molecule has 1 nitrogen and oxygen atoms in total. The first-order valence-corrected chi connectivity index (χ1v) is 7.43. The largest absolute Gasteiger partial charge is 0.299 e. The minimum atomic E-state index is -0.188. The van der Waals surface area contributed by atoms with Gasteiger partial charge in [-0.2, -0.15) is 0 Å². The second kappa shape index (κ2) is 6.23. The number of halogens is 1. The zero-order valence-corrected chi connectivity index (χ0v) is 12.2. The minimum Gasteiger partial charge on any atom is -0.299 e. The molecule has 0 saturated carbocycles. The molecule has 0 radical (unpaired) electrons. The Morgan fingerprint density at radius 2 is 1.76 bits per heavy atom. The average Bonchev–Trinajstić information content (AvgIpc) is 2.89. The summed E-state index contributed by atoms with van der Waals surface area (Å²) in [7, 11) is 2.17. The Hall–Kier alpha value is -1.93. The molecule has 0 aliphatic carbocycles. The summed E-state index contributed by atoms with van der Waals surface area (Å²) in [6, 6.07) is 17.7. The van der Waals surface area contributed by atoms with Crippen LogP contribution in [0.25, 0.3) is 6.08 Å². The van der Waals surface area contributed by atoms with Gasteiger partial charge < -0.3 is 0 Å². The van der Waals surface area contributed by atoms with Crippen molar-refractivity contribution in [2.24, 2.45) is 0 Å². The van der Waals surface area contributed by atoms with E-state index in [0.29, 0.717) is 12.0 Å². The third-order valence-electron chi connectivity index (χ3n) is 4.30. The summed E-state index contributed by atoms with van der Waals surface area (Å²) < 4.78 is 12.9. The van der Waals surface area contributed by atoms with Gasteiger partial charge in [-0.25, -0.2) is 4.39 Å². The van der Waals surface area contributed by atoms with E-state index in [1.807, 2.05) is 12.1 Å². The van der Waals surface area contributed by atoms with Crippen LogP contribution in [0.2, 0.25) is 0 Å². The maximum Gasteiger partial charge on any atom is 0.123 e. The number of likely N-dealkylation sites (tertiary alicyclic amines) is 1. The van der Waals surface area contributed by atoms with Gasteiger partial charge in [-0.05, 0) is 43.3 Å². The zero-order valence-electron chi connectivity index (χ0n) is 12.2. The van der Waals surface area contributed by atoms with Crippen molar-refractivity contribution in [1.82, 2.24) is 4.90 Å². The summed E-state index contributed by atoms with van der Waals surface area (Å²) in [5, 5.41) is 0. The highest BCUT2D eigenvalue weighted by Crippen LogP contribution is 2.33. The average molecular weight is 281 g/mol. The predicted molar refractivity (Wildman–Crippen MR) is 85.7 cm³/mol. The Kier molecular flexibility index (Phi) is 4.16. The van der Waals surface area contributed by atoms with Gasteiger partial charge in [0.15, 0.2) is 0 Å². The van der Waals surface area contributed by atoms with Crippen LogP contribution in [0.5, 0.6) is 0 Å². The molecule has 1 aliphatic rings. The molecule has 0 spiro atoms. The van der Waals surface area contributed by atoms with E-state index in [0.717, 1.165) is 12.1 Å². The molecule has 2 aromatic carbocycles. The molecule has 3 rings (SSSR count). The topological polar surface area (TPSA) is 3.24 Å². The standard InChI is InChI=1S/C19H20FN/c1-21-14-13-18(16-5-3-2-4-6-16)19(21)12-9-15-7-10-17(20)11-8-15/h2-12,18-19H,13-14H2,1H3/b12-9+/t18-,19-/m1/s1. The highest BCUT2D eigenvalue weighted by Gasteiger charge is 2.30. The molecule has 2 atom stereocenters. The molecule has 2 aromatic rings. The summed E-state index contributed by atoms with van der Waals surface area (Å²) >= 11 is 0. The number of hydrogen-bond donors (Lipinski definition) is 0. The van der Waals surface area contributed by atoms with Crippen LogP contribution in [-0.4, -0.2) is 24.5 Å². The minimum absolute atomic E-state index is 0.188. The van der Waals surface area contributed by atoms with Crippen LogP contribution in [0.1, 0.15) is 23.5 Å². The first-order chi connectivity index (χ1) is 10.2. The Balaban J connectivity index is 1.80. The molecule has 1 saturated heterocycles. The smallest absolute Gasteiger partial charge is 0.123 e. The number of likely N-dealkylation sites (N-methyl/N-ethyl adjacent to an activating group) is 1. The van der Waals surface area contributed by atoms with Crippen LogP contribution in [0, 0.1) is 5.82 Å². The lowest BCUT2D eigenvalue weighted by Gasteiger charge is -2.22. The van der Waals surface area contributed by atoms with E-state index in [1.165, 1.54) is 24.1 Å². The van der Waals surface area contributed by atoms with E-state index in [1.54, 1.807) is 0 Å². The first kappa shape index (κ1) is 14.0. The molecule has 0 aromatic heterocycles. The quantitative estimate of drug-likeness (QED) is 0.809. The Bertz CT molecular complexity index is 603. The van der Waals surface area contributed by atoms with Gasteiger partial charge in [0.25, 0.3) is 0 Å². The van der Waals surface area contributed by atoms with Crippen molar-refractivity contribution < 1.29 is 4.39 Å². The summed E-state index contributed by atoms with van der Waals surface area (Å²) in [6.45, 7) is 1.11. The fourth-order valence-corrected chi connectivity index (χ4v) is 3.10. The molecular formula is C19H20FN. The summed E-state index contributed by atoms with van der Waals surface area (Å²) in [5.41, 5.74) is 2.44. The van der Waals surface area contributed by atoms with Gasteiger partial charge >= 0.3 is 0 Å². The van der Waals surface area contributed by atoms with E-state index in [2.05, 4.69) is 54.4 Å². The number of hydrogen-bond acceptors (Lipinski definition) is 1. The maximum absolute atomic E-state index is 12.9. The Morgan fingerprint density at radius 1 is 1.05 bits per heavy atom. The van der Waals surface area contributed by atoms with Crippen molar-refractivity contribution in [1.29, 1.82) is 0 Å². The molecule has 1 fully saturated rings. The maximum atomic E-state index is 12.9. The van der Waals surface area contributed by atoms with Crippen LogP contribution in [0.3, 0.4) is 0 Å². The monoisotopic (exact) mass is 281 g/mol. The highest BCUT2D eigenvalue weighted by atomic mass is 19.1. The van der Waals surface area contributed by atoms with E-state index >= 15 is 0 Å². The third-order valence-corrected chi connectivity index (χ3v) is 4.30. The summed E-state index contributed by atoms with van der Waals surface area (Å²) in [4.78, 5) is 2.39. The molecule has 1 aliphatic heterocycles. The molecule has 21 heavy (non-hydrogen) atoms. The summed E-state index contributed by atoms with van der Waals surface area (Å²) in [5.74, 6) is 0.347. The van der Waals surface area contributed by atoms with Gasteiger partial charge in [-0.15, -0.1) is 0 Å². The van der Waals surface area contributed by atoms with E-state index in [-0.39, 0.29) is 5.82 Å². The molecular weight excluding hydrogens is 261 g/mol. The van der Waals surface area contributed by atoms with Crippen molar-refractivity contribution in [3.63, 3.8) is 0 Å². The molecule has 2 heteroatoms. The third kappa shape index (κ3) is 3.22. The Morgan fingerprint density at radius 3 is 2.48 bits per heavy atom. The molecule has 1 heterocycles. The molecule has 0 amide bonds. The predicted octanol–water partition coefficient (Wildman–Crippen LogP) is 4.33. The van der Waals surface area contributed by atoms with Gasteiger partial charge in [0, 0.05) is 12.0 Å². The van der Waals surface area contributed by atoms with Crippen LogP contribution in [0.15, 0.2) is 60.7 Å². The SMILES string of the molecule is CN1CC[C@H](c2ccccc2)[C@H]1/C=C/c1ccc(F)cc1. The second-order valence-corrected chi connectivity index (χ2v) is 5.69. The normalized spacial score (nSPS) is 23.0. The molecule has 108 valence electrons. The first-order valence-electron chi connectivity index (χ1n) is 7.43. The van der Waals surface area contributed by atoms with Crippen molar-refractivity contribution in [2.45, 2.75) is 18.4 Å². The van der Waals surface area contributed by atoms with Gasteiger partial charge in [0.05, 0.1) is 0 Å². The van der Waals surface area contributed by atoms with Crippen LogP contribution in [-0.2, 0) is 0 Å². The van der Waals surface area contributed by atoms with Gasteiger partial charge in [0.2, 0.25) is 0 Å². The van der Waals surface area contributed by atoms with E-state index in [4.69, 9.17) is 0 Å². The molecule has 0 bridgehead atoms. The fraction of sp³-hybridized carbons (Fsp3) is 0.263. The lowest BCUT2D eigenvalue weighted by atomic mass is 9.91. The van der Waals surface area contributed by atoms with Crippen LogP contribution < -0.4 is 0 Å². The van der Waals surface area contributed by atoms with E-state index < -0.39 is 0 Å². The van der Waals surface area contributed by atoms with E-state index in [9.17, 15) is 4.39 Å². The van der Waals surface area contributed by atoms with Crippen molar-refractivity contribution >= 4 is 6.08 Å². The lowest BCUT2D eigenvalue weighted by Crippen LogP contribution is -2.26. The van der Waals surface area contributed by atoms with Gasteiger partial charge in [-0.3, -0.25) is 4.90 Å². The number of rotatable bonds is 3. The second-order valence-electron chi connectivity index (χ2n) is 5.69. The van der Waals surface area contributed by atoms with Crippen molar-refractivity contribution in [3.05, 3.63) is 77.6 Å².